The number of hydrogen-bond donors (Lipinski definition) is 7. The minimum absolute atomic E-state index is 0.00518. The number of aliphatic carboxylic acids is 1. The molecule has 5 amide bonds. The Hall–Kier alpha value is -4.42. The molecule has 1 aromatic carbocycles. The number of rotatable bonds is 9. The Bertz CT molecular complexity index is 1370. The highest BCUT2D eigenvalue weighted by molar-refractivity contribution is 5.98. The second-order valence-electron chi connectivity index (χ2n) is 12.2. The second-order valence-corrected chi connectivity index (χ2v) is 12.2. The molecular weight excluding hydrogens is 568 g/mol. The number of para-hydroxylation sites is 1. The fourth-order valence-corrected chi connectivity index (χ4v) is 5.17. The highest BCUT2D eigenvalue weighted by Crippen LogP contribution is 2.20. The molecule has 13 heteroatoms. The number of carbonyl (C=O) groups is 6. The molecule has 13 nitrogen and oxygen atoms in total. The third kappa shape index (κ3) is 9.55. The van der Waals surface area contributed by atoms with Gasteiger partial charge in [-0.3, -0.25) is 28.8 Å². The maximum Gasteiger partial charge on any atom is 0.303 e. The Morgan fingerprint density at radius 1 is 0.727 bits per heavy atom. The fourth-order valence-electron chi connectivity index (χ4n) is 5.17. The molecule has 0 radical (unpaired) electrons. The lowest BCUT2D eigenvalue weighted by Gasteiger charge is -2.27. The summed E-state index contributed by atoms with van der Waals surface area (Å²) in [5.74, 6) is -4.44. The van der Waals surface area contributed by atoms with Crippen molar-refractivity contribution in [1.29, 1.82) is 0 Å². The first kappa shape index (κ1) is 34.1. The van der Waals surface area contributed by atoms with Gasteiger partial charge >= 0.3 is 5.97 Å². The summed E-state index contributed by atoms with van der Waals surface area (Å²) in [6.07, 6.45) is 1.64. The molecule has 0 bridgehead atoms. The van der Waals surface area contributed by atoms with Crippen molar-refractivity contribution in [2.45, 2.75) is 96.9 Å². The van der Waals surface area contributed by atoms with Gasteiger partial charge in [-0.1, -0.05) is 45.9 Å². The topological polar surface area (TPSA) is 199 Å². The number of carbonyl (C=O) groups excluding carboxylic acids is 5. The first-order valence-corrected chi connectivity index (χ1v) is 15.0. The molecule has 3 rings (SSSR count). The van der Waals surface area contributed by atoms with Gasteiger partial charge in [-0.15, -0.1) is 0 Å². The second kappa shape index (κ2) is 15.3. The number of fused-ring (bicyclic) bond motifs is 1. The summed E-state index contributed by atoms with van der Waals surface area (Å²) in [5, 5.41) is 23.5. The van der Waals surface area contributed by atoms with Crippen molar-refractivity contribution in [3.63, 3.8) is 0 Å². The Morgan fingerprint density at radius 2 is 1.23 bits per heavy atom. The zero-order valence-electron chi connectivity index (χ0n) is 25.9. The molecule has 0 aliphatic carbocycles. The highest BCUT2D eigenvalue weighted by atomic mass is 16.4. The lowest BCUT2D eigenvalue weighted by Crippen LogP contribution is -2.58. The quantitative estimate of drug-likeness (QED) is 0.220. The van der Waals surface area contributed by atoms with Crippen LogP contribution in [0.4, 0.5) is 0 Å². The number of H-pyrrole nitrogens is 1. The minimum atomic E-state index is -1.31. The van der Waals surface area contributed by atoms with Crippen LogP contribution in [0.25, 0.3) is 10.9 Å². The number of nitrogens with one attached hydrogen (secondary N) is 6. The minimum Gasteiger partial charge on any atom is -0.481 e. The van der Waals surface area contributed by atoms with Gasteiger partial charge in [0.05, 0.1) is 0 Å². The normalized spacial score (nSPS) is 24.2. The zero-order valence-corrected chi connectivity index (χ0v) is 25.9. The molecular formula is C31H44N6O7. The number of carboxylic acids is 1. The van der Waals surface area contributed by atoms with Crippen LogP contribution >= 0.6 is 0 Å². The van der Waals surface area contributed by atoms with Gasteiger partial charge in [0, 0.05) is 29.9 Å². The SMILES string of the molecule is CC(C)C[C@@H]1NC(=O)[C@H](C)NC(=O)[C@@H](CCC(=O)O)NC(=O)[C@H](Cc2c[nH]c3ccccc23)NC(=O)[C@@H](CC(C)C)NC1=O. The van der Waals surface area contributed by atoms with E-state index in [2.05, 4.69) is 31.6 Å². The van der Waals surface area contributed by atoms with Crippen LogP contribution in [0.2, 0.25) is 0 Å². The van der Waals surface area contributed by atoms with Gasteiger partial charge in [-0.25, -0.2) is 0 Å². The third-order valence-electron chi connectivity index (χ3n) is 7.44. The number of aromatic amines is 1. The molecule has 1 aromatic heterocycles. The lowest BCUT2D eigenvalue weighted by molar-refractivity contribution is -0.138. The van der Waals surface area contributed by atoms with Gasteiger partial charge in [0.25, 0.3) is 0 Å². The van der Waals surface area contributed by atoms with E-state index in [0.717, 1.165) is 16.5 Å². The molecule has 0 spiro atoms. The van der Waals surface area contributed by atoms with Crippen molar-refractivity contribution in [2.24, 2.45) is 11.8 Å². The third-order valence-corrected chi connectivity index (χ3v) is 7.44. The van der Waals surface area contributed by atoms with E-state index >= 15 is 0 Å². The Labute approximate surface area is 256 Å². The maximum atomic E-state index is 13.7. The van der Waals surface area contributed by atoms with Crippen LogP contribution in [0, 0.1) is 11.8 Å². The molecule has 1 aliphatic rings. The van der Waals surface area contributed by atoms with Crippen molar-refractivity contribution < 1.29 is 33.9 Å². The molecule has 5 atom stereocenters. The standard InChI is InChI=1S/C31H44N6O7/c1-16(2)12-23-29(42)36-24(13-17(3)4)30(43)37-25(14-19-15-32-21-9-7-6-8-20(19)21)31(44)34-22(10-11-26(38)39)28(41)33-18(5)27(40)35-23/h6-9,15-18,22-25,32H,10-14H2,1-5H3,(H,33,41)(H,34,44)(H,35,40)(H,36,42)(H,37,43)(H,38,39)/t18-,22+,23-,24+,25-/m0/s1. The van der Waals surface area contributed by atoms with E-state index in [1.165, 1.54) is 6.92 Å². The smallest absolute Gasteiger partial charge is 0.303 e. The van der Waals surface area contributed by atoms with Crippen LogP contribution in [-0.4, -0.2) is 75.8 Å². The van der Waals surface area contributed by atoms with Crippen LogP contribution < -0.4 is 26.6 Å². The van der Waals surface area contributed by atoms with Crippen LogP contribution in [-0.2, 0) is 35.2 Å². The Kier molecular flexibility index (Phi) is 11.9. The molecule has 0 unspecified atom stereocenters. The molecule has 1 fully saturated rings. The molecule has 2 aromatic rings. The van der Waals surface area contributed by atoms with E-state index in [1.807, 2.05) is 52.0 Å². The largest absolute Gasteiger partial charge is 0.481 e. The number of hydrogen-bond acceptors (Lipinski definition) is 6. The van der Waals surface area contributed by atoms with Crippen LogP contribution in [0.3, 0.4) is 0 Å². The highest BCUT2D eigenvalue weighted by Gasteiger charge is 2.34. The van der Waals surface area contributed by atoms with Gasteiger partial charge in [0.2, 0.25) is 29.5 Å². The van der Waals surface area contributed by atoms with E-state index in [-0.39, 0.29) is 37.5 Å². The first-order valence-electron chi connectivity index (χ1n) is 15.0. The zero-order chi connectivity index (χ0) is 32.6. The number of amides is 5. The summed E-state index contributed by atoms with van der Waals surface area (Å²) < 4.78 is 0. The molecule has 44 heavy (non-hydrogen) atoms. The van der Waals surface area contributed by atoms with E-state index in [9.17, 15) is 33.9 Å². The molecule has 240 valence electrons. The van der Waals surface area contributed by atoms with E-state index in [0.29, 0.717) is 0 Å². The van der Waals surface area contributed by atoms with Crippen molar-refractivity contribution >= 4 is 46.4 Å². The molecule has 1 aliphatic heterocycles. The molecule has 2 heterocycles. The number of aromatic nitrogens is 1. The molecule has 7 N–H and O–H groups in total. The number of carboxylic acid groups (broad SMARTS) is 1. The van der Waals surface area contributed by atoms with Gasteiger partial charge < -0.3 is 36.7 Å². The average molecular weight is 613 g/mol. The molecule has 1 saturated heterocycles. The van der Waals surface area contributed by atoms with E-state index < -0.39 is 72.1 Å². The summed E-state index contributed by atoms with van der Waals surface area (Å²) in [5.41, 5.74) is 1.56. The van der Waals surface area contributed by atoms with Crippen molar-refractivity contribution in [3.8, 4) is 0 Å². The van der Waals surface area contributed by atoms with Gasteiger partial charge in [-0.05, 0) is 49.7 Å². The predicted octanol–water partition coefficient (Wildman–Crippen LogP) is 1.12. The van der Waals surface area contributed by atoms with Crippen molar-refractivity contribution in [3.05, 3.63) is 36.0 Å². The lowest BCUT2D eigenvalue weighted by atomic mass is 9.99. The first-order chi connectivity index (χ1) is 20.7. The molecule has 0 saturated carbocycles. The van der Waals surface area contributed by atoms with E-state index in [4.69, 9.17) is 0 Å². The summed E-state index contributed by atoms with van der Waals surface area (Å²) in [7, 11) is 0. The van der Waals surface area contributed by atoms with Crippen LogP contribution in [0.5, 0.6) is 0 Å². The van der Waals surface area contributed by atoms with Crippen molar-refractivity contribution in [1.82, 2.24) is 31.6 Å². The van der Waals surface area contributed by atoms with Crippen molar-refractivity contribution in [2.75, 3.05) is 0 Å². The summed E-state index contributed by atoms with van der Waals surface area (Å²) in [6.45, 7) is 8.99. The van der Waals surface area contributed by atoms with Gasteiger partial charge in [0.15, 0.2) is 0 Å². The van der Waals surface area contributed by atoms with Crippen LogP contribution in [0.15, 0.2) is 30.5 Å². The van der Waals surface area contributed by atoms with Crippen LogP contribution in [0.1, 0.15) is 65.9 Å². The predicted molar refractivity (Wildman–Crippen MR) is 163 cm³/mol. The van der Waals surface area contributed by atoms with Gasteiger partial charge in [-0.2, -0.15) is 0 Å². The summed E-state index contributed by atoms with van der Waals surface area (Å²) >= 11 is 0. The Balaban J connectivity index is 2.04. The number of benzene rings is 1. The summed E-state index contributed by atoms with van der Waals surface area (Å²) in [4.78, 5) is 81.8. The summed E-state index contributed by atoms with van der Waals surface area (Å²) in [6, 6.07) is 1.86. The fraction of sp³-hybridized carbons (Fsp3) is 0.548. The van der Waals surface area contributed by atoms with Gasteiger partial charge in [0.1, 0.15) is 30.2 Å². The maximum absolute atomic E-state index is 13.7. The van der Waals surface area contributed by atoms with E-state index in [1.54, 1.807) is 6.20 Å². The monoisotopic (exact) mass is 612 g/mol. The Morgan fingerprint density at radius 3 is 1.82 bits per heavy atom. The average Bonchev–Trinajstić information content (AvgIpc) is 3.35.